The van der Waals surface area contributed by atoms with Crippen LogP contribution in [0.5, 0.6) is 0 Å². The van der Waals surface area contributed by atoms with E-state index < -0.39 is 5.41 Å². The molecule has 1 aliphatic rings. The normalized spacial score (nSPS) is 18.1. The predicted molar refractivity (Wildman–Crippen MR) is 54.5 cm³/mol. The second kappa shape index (κ2) is 2.89. The molecule has 0 bridgehead atoms. The number of carbonyl (C=O) groups is 1. The van der Waals surface area contributed by atoms with E-state index in [0.717, 1.165) is 0 Å². The summed E-state index contributed by atoms with van der Waals surface area (Å²) in [6.07, 6.45) is 3.99. The number of ketones is 1. The maximum absolute atomic E-state index is 11.1. The van der Waals surface area contributed by atoms with Crippen molar-refractivity contribution in [2.24, 2.45) is 0 Å². The van der Waals surface area contributed by atoms with Crippen molar-refractivity contribution < 1.29 is 4.79 Å². The van der Waals surface area contributed by atoms with E-state index in [2.05, 4.69) is 16.2 Å². The van der Waals surface area contributed by atoms with Crippen LogP contribution in [-0.4, -0.2) is 20.4 Å². The molecule has 1 saturated carbocycles. The molecule has 1 fully saturated rings. The molecular weight excluding hydrogens is 204 g/mol. The molecule has 0 spiro atoms. The molecule has 78 valence electrons. The molecule has 0 N–H and O–H groups in total. The Bertz CT molecular complexity index is 581. The Morgan fingerprint density at radius 2 is 2.31 bits per heavy atom. The molecule has 5 nitrogen and oxygen atoms in total. The second-order valence-corrected chi connectivity index (χ2v) is 4.04. The Labute approximate surface area is 91.3 Å². The van der Waals surface area contributed by atoms with Crippen LogP contribution in [0.3, 0.4) is 0 Å². The summed E-state index contributed by atoms with van der Waals surface area (Å²) in [6.45, 7) is 0. The van der Waals surface area contributed by atoms with Crippen LogP contribution in [0, 0.1) is 11.3 Å². The molecule has 0 aliphatic heterocycles. The van der Waals surface area contributed by atoms with Crippen molar-refractivity contribution in [3.63, 3.8) is 0 Å². The molecular formula is C11H8N4O. The molecule has 0 atom stereocenters. The van der Waals surface area contributed by atoms with E-state index in [1.54, 1.807) is 29.0 Å². The number of aromatic nitrogens is 3. The van der Waals surface area contributed by atoms with Gasteiger partial charge >= 0.3 is 0 Å². The zero-order valence-corrected chi connectivity index (χ0v) is 8.42. The first kappa shape index (κ1) is 9.04. The van der Waals surface area contributed by atoms with E-state index in [4.69, 9.17) is 5.26 Å². The smallest absolute Gasteiger partial charge is 0.155 e. The predicted octanol–water partition coefficient (Wildman–Crippen LogP) is 0.854. The zero-order chi connectivity index (χ0) is 11.2. The number of nitrogens with zero attached hydrogens (tertiary/aromatic N) is 4. The summed E-state index contributed by atoms with van der Waals surface area (Å²) in [5.41, 5.74) is 0.630. The van der Waals surface area contributed by atoms with Crippen molar-refractivity contribution in [3.8, 4) is 6.07 Å². The van der Waals surface area contributed by atoms with Crippen molar-refractivity contribution in [2.75, 3.05) is 0 Å². The third-order valence-corrected chi connectivity index (χ3v) is 2.94. The molecule has 1 aliphatic carbocycles. The van der Waals surface area contributed by atoms with Crippen molar-refractivity contribution >= 4 is 11.4 Å². The minimum Gasteiger partial charge on any atom is -0.300 e. The second-order valence-electron chi connectivity index (χ2n) is 4.04. The van der Waals surface area contributed by atoms with Crippen molar-refractivity contribution in [1.82, 2.24) is 14.6 Å². The standard InChI is InChI=1S/C11H8N4O/c12-7-11(5-8(16)6-11)9-4-10-13-2-1-3-15(10)14-9/h1-4H,5-6H2. The van der Waals surface area contributed by atoms with Gasteiger partial charge in [-0.1, -0.05) is 0 Å². The summed E-state index contributed by atoms with van der Waals surface area (Å²) >= 11 is 0. The zero-order valence-electron chi connectivity index (χ0n) is 8.42. The van der Waals surface area contributed by atoms with Crippen LogP contribution in [0.15, 0.2) is 24.5 Å². The van der Waals surface area contributed by atoms with Gasteiger partial charge in [-0.05, 0) is 6.07 Å². The summed E-state index contributed by atoms with van der Waals surface area (Å²) in [7, 11) is 0. The summed E-state index contributed by atoms with van der Waals surface area (Å²) in [5, 5.41) is 13.5. The molecule has 0 radical (unpaired) electrons. The molecule has 3 rings (SSSR count). The minimum absolute atomic E-state index is 0.117. The summed E-state index contributed by atoms with van der Waals surface area (Å²) in [4.78, 5) is 15.2. The average Bonchev–Trinajstić information content (AvgIpc) is 2.68. The van der Waals surface area contributed by atoms with Gasteiger partial charge in [0.2, 0.25) is 0 Å². The van der Waals surface area contributed by atoms with Crippen molar-refractivity contribution in [2.45, 2.75) is 18.3 Å². The quantitative estimate of drug-likeness (QED) is 0.702. The van der Waals surface area contributed by atoms with Crippen LogP contribution in [-0.2, 0) is 10.2 Å². The van der Waals surface area contributed by atoms with Gasteiger partial charge in [-0.3, -0.25) is 4.79 Å². The van der Waals surface area contributed by atoms with E-state index >= 15 is 0 Å². The number of fused-ring (bicyclic) bond motifs is 1. The van der Waals surface area contributed by atoms with Gasteiger partial charge in [0.1, 0.15) is 11.2 Å². The van der Waals surface area contributed by atoms with Gasteiger partial charge in [0, 0.05) is 31.3 Å². The van der Waals surface area contributed by atoms with Crippen molar-refractivity contribution in [3.05, 3.63) is 30.2 Å². The van der Waals surface area contributed by atoms with Gasteiger partial charge in [0.05, 0.1) is 11.8 Å². The van der Waals surface area contributed by atoms with E-state index in [0.29, 0.717) is 11.3 Å². The Hall–Kier alpha value is -2.22. The molecule has 0 aromatic carbocycles. The highest BCUT2D eigenvalue weighted by atomic mass is 16.1. The van der Waals surface area contributed by atoms with Gasteiger partial charge in [-0.2, -0.15) is 10.4 Å². The average molecular weight is 212 g/mol. The summed E-state index contributed by atoms with van der Waals surface area (Å²) < 4.78 is 1.62. The van der Waals surface area contributed by atoms with Crippen LogP contribution in [0.1, 0.15) is 18.5 Å². The Morgan fingerprint density at radius 1 is 1.50 bits per heavy atom. The lowest BCUT2D eigenvalue weighted by molar-refractivity contribution is -0.126. The monoisotopic (exact) mass is 212 g/mol. The SMILES string of the molecule is N#CC1(c2cc3ncccn3n2)CC(=O)C1. The van der Waals surface area contributed by atoms with Crippen LogP contribution in [0.4, 0.5) is 0 Å². The third-order valence-electron chi connectivity index (χ3n) is 2.94. The summed E-state index contributed by atoms with van der Waals surface area (Å²) in [5.74, 6) is 0.117. The van der Waals surface area contributed by atoms with E-state index in [1.807, 2.05) is 0 Å². The topological polar surface area (TPSA) is 71.1 Å². The Morgan fingerprint density at radius 3 is 2.94 bits per heavy atom. The number of hydrogen-bond donors (Lipinski definition) is 0. The van der Waals surface area contributed by atoms with E-state index in [9.17, 15) is 4.79 Å². The Kier molecular flexibility index (Phi) is 1.63. The van der Waals surface area contributed by atoms with Crippen LogP contribution in [0.25, 0.3) is 5.65 Å². The number of rotatable bonds is 1. The highest BCUT2D eigenvalue weighted by Crippen LogP contribution is 2.39. The van der Waals surface area contributed by atoms with Crippen molar-refractivity contribution in [1.29, 1.82) is 5.26 Å². The largest absolute Gasteiger partial charge is 0.300 e. The fourth-order valence-corrected chi connectivity index (χ4v) is 2.00. The fourth-order valence-electron chi connectivity index (χ4n) is 2.00. The van der Waals surface area contributed by atoms with Gasteiger partial charge in [0.15, 0.2) is 5.65 Å². The number of nitriles is 1. The highest BCUT2D eigenvalue weighted by molar-refractivity contribution is 5.90. The number of hydrogen-bond acceptors (Lipinski definition) is 4. The van der Waals surface area contributed by atoms with Gasteiger partial charge < -0.3 is 0 Å². The molecule has 0 amide bonds. The molecule has 16 heavy (non-hydrogen) atoms. The Balaban J connectivity index is 2.13. The number of carbonyl (C=O) groups excluding carboxylic acids is 1. The first-order valence-electron chi connectivity index (χ1n) is 4.97. The van der Waals surface area contributed by atoms with Gasteiger partial charge in [-0.25, -0.2) is 9.50 Å². The maximum atomic E-state index is 11.1. The van der Waals surface area contributed by atoms with Crippen LogP contribution >= 0.6 is 0 Å². The molecule has 2 aromatic rings. The first-order chi connectivity index (χ1) is 7.73. The van der Waals surface area contributed by atoms with E-state index in [-0.39, 0.29) is 18.6 Å². The maximum Gasteiger partial charge on any atom is 0.155 e. The summed E-state index contributed by atoms with van der Waals surface area (Å²) in [6, 6.07) is 5.74. The first-order valence-corrected chi connectivity index (χ1v) is 4.97. The van der Waals surface area contributed by atoms with Gasteiger partial charge in [-0.15, -0.1) is 0 Å². The lowest BCUT2D eigenvalue weighted by atomic mass is 9.67. The van der Waals surface area contributed by atoms with Gasteiger partial charge in [0.25, 0.3) is 0 Å². The van der Waals surface area contributed by atoms with Crippen LogP contribution < -0.4 is 0 Å². The molecule has 5 heteroatoms. The highest BCUT2D eigenvalue weighted by Gasteiger charge is 2.47. The molecule has 0 unspecified atom stereocenters. The third kappa shape index (κ3) is 1.07. The minimum atomic E-state index is -0.717. The fraction of sp³-hybridized carbons (Fsp3) is 0.273. The molecule has 0 saturated heterocycles. The number of Topliss-reactive ketones (excluding diaryl/α,β-unsaturated/α-hetero) is 1. The molecule has 2 heterocycles. The van der Waals surface area contributed by atoms with E-state index in [1.165, 1.54) is 0 Å². The van der Waals surface area contributed by atoms with Crippen LogP contribution in [0.2, 0.25) is 0 Å². The lowest BCUT2D eigenvalue weighted by Gasteiger charge is -2.31. The lowest BCUT2D eigenvalue weighted by Crippen LogP contribution is -2.40. The molecule has 2 aromatic heterocycles.